The number of nitrogens with zero attached hydrogens (tertiary/aromatic N) is 1. The summed E-state index contributed by atoms with van der Waals surface area (Å²) in [4.78, 5) is 14.4. The van der Waals surface area contributed by atoms with Crippen LogP contribution in [0.15, 0.2) is 18.3 Å². The Morgan fingerprint density at radius 2 is 2.25 bits per heavy atom. The highest BCUT2D eigenvalue weighted by Crippen LogP contribution is 2.34. The topological polar surface area (TPSA) is 51.2 Å². The Bertz CT molecular complexity index is 419. The molecule has 16 heavy (non-hydrogen) atoms. The summed E-state index contributed by atoms with van der Waals surface area (Å²) in [6.45, 7) is -0.00106. The molecular formula is C9H7F3N2O2. The minimum atomic E-state index is -4.50. The van der Waals surface area contributed by atoms with Gasteiger partial charge >= 0.3 is 12.3 Å². The second-order valence-electron chi connectivity index (χ2n) is 3.21. The van der Waals surface area contributed by atoms with Crippen LogP contribution < -0.4 is 5.32 Å². The molecule has 0 aromatic carbocycles. The van der Waals surface area contributed by atoms with Gasteiger partial charge in [-0.05, 0) is 12.1 Å². The number of cyclic esters (lactones) is 1. The summed E-state index contributed by atoms with van der Waals surface area (Å²) in [5.41, 5.74) is -1.15. The lowest BCUT2D eigenvalue weighted by Crippen LogP contribution is -2.16. The number of alkyl halides is 3. The molecule has 1 N–H and O–H groups in total. The van der Waals surface area contributed by atoms with Gasteiger partial charge < -0.3 is 10.1 Å². The zero-order chi connectivity index (χ0) is 11.8. The van der Waals surface area contributed by atoms with E-state index in [0.29, 0.717) is 0 Å². The van der Waals surface area contributed by atoms with Gasteiger partial charge in [-0.15, -0.1) is 0 Å². The lowest BCUT2D eigenvalue weighted by atomic mass is 10.1. The van der Waals surface area contributed by atoms with E-state index in [9.17, 15) is 18.0 Å². The van der Waals surface area contributed by atoms with Gasteiger partial charge in [0.15, 0.2) is 6.10 Å². The molecule has 0 spiro atoms. The van der Waals surface area contributed by atoms with Gasteiger partial charge in [-0.25, -0.2) is 4.79 Å². The summed E-state index contributed by atoms with van der Waals surface area (Å²) in [7, 11) is 0. The Hall–Kier alpha value is -1.79. The minimum absolute atomic E-state index is 0.00106. The third-order valence-electron chi connectivity index (χ3n) is 2.13. The maximum Gasteiger partial charge on any atom is 0.418 e. The van der Waals surface area contributed by atoms with E-state index in [-0.39, 0.29) is 12.2 Å². The van der Waals surface area contributed by atoms with E-state index in [1.807, 2.05) is 0 Å². The third kappa shape index (κ3) is 1.93. The first-order chi connectivity index (χ1) is 7.48. The van der Waals surface area contributed by atoms with Crippen molar-refractivity contribution in [2.45, 2.75) is 12.3 Å². The van der Waals surface area contributed by atoms with Crippen LogP contribution in [0, 0.1) is 0 Å². The highest BCUT2D eigenvalue weighted by atomic mass is 19.4. The van der Waals surface area contributed by atoms with Crippen LogP contribution in [-0.4, -0.2) is 17.6 Å². The van der Waals surface area contributed by atoms with E-state index in [0.717, 1.165) is 6.07 Å². The SMILES string of the molecule is O=C1NCC(c2ncccc2C(F)(F)F)O1. The molecule has 4 nitrogen and oxygen atoms in total. The van der Waals surface area contributed by atoms with Crippen LogP contribution in [0.3, 0.4) is 0 Å². The van der Waals surface area contributed by atoms with Gasteiger partial charge in [-0.2, -0.15) is 13.2 Å². The molecule has 1 unspecified atom stereocenters. The first-order valence-electron chi connectivity index (χ1n) is 4.45. The van der Waals surface area contributed by atoms with Crippen molar-refractivity contribution in [1.82, 2.24) is 10.3 Å². The minimum Gasteiger partial charge on any atom is -0.438 e. The van der Waals surface area contributed by atoms with Crippen molar-refractivity contribution >= 4 is 6.09 Å². The Morgan fingerprint density at radius 1 is 1.50 bits per heavy atom. The lowest BCUT2D eigenvalue weighted by molar-refractivity contribution is -0.139. The molecule has 0 bridgehead atoms. The van der Waals surface area contributed by atoms with Crippen LogP contribution in [0.2, 0.25) is 0 Å². The summed E-state index contributed by atoms with van der Waals surface area (Å²) in [5.74, 6) is 0. The fourth-order valence-corrected chi connectivity index (χ4v) is 1.45. The predicted octanol–water partition coefficient (Wildman–Crippen LogP) is 1.88. The first-order valence-corrected chi connectivity index (χ1v) is 4.45. The monoisotopic (exact) mass is 232 g/mol. The number of pyridine rings is 1. The molecule has 0 aliphatic carbocycles. The third-order valence-corrected chi connectivity index (χ3v) is 2.13. The largest absolute Gasteiger partial charge is 0.438 e. The Morgan fingerprint density at radius 3 is 2.81 bits per heavy atom. The van der Waals surface area contributed by atoms with Crippen molar-refractivity contribution < 1.29 is 22.7 Å². The molecule has 2 rings (SSSR count). The van der Waals surface area contributed by atoms with Crippen LogP contribution in [0.4, 0.5) is 18.0 Å². The van der Waals surface area contributed by atoms with Crippen molar-refractivity contribution in [1.29, 1.82) is 0 Å². The number of hydrogen-bond acceptors (Lipinski definition) is 3. The highest BCUT2D eigenvalue weighted by Gasteiger charge is 2.38. The van der Waals surface area contributed by atoms with E-state index in [4.69, 9.17) is 0 Å². The number of nitrogens with one attached hydrogen (secondary N) is 1. The normalized spacial score (nSPS) is 20.4. The molecule has 1 amide bonds. The van der Waals surface area contributed by atoms with Gasteiger partial charge in [-0.3, -0.25) is 4.98 Å². The Kier molecular flexibility index (Phi) is 2.45. The van der Waals surface area contributed by atoms with Crippen molar-refractivity contribution in [2.75, 3.05) is 6.54 Å². The molecule has 0 saturated carbocycles. The Balaban J connectivity index is 2.37. The number of aromatic nitrogens is 1. The molecule has 1 aromatic rings. The molecule has 1 saturated heterocycles. The van der Waals surface area contributed by atoms with Crippen molar-refractivity contribution in [3.05, 3.63) is 29.6 Å². The van der Waals surface area contributed by atoms with E-state index < -0.39 is 23.9 Å². The second kappa shape index (κ2) is 3.66. The average Bonchev–Trinajstić information content (AvgIpc) is 2.64. The van der Waals surface area contributed by atoms with E-state index >= 15 is 0 Å². The lowest BCUT2D eigenvalue weighted by Gasteiger charge is -2.14. The number of carbonyl (C=O) groups excluding carboxylic acids is 1. The quantitative estimate of drug-likeness (QED) is 0.804. The van der Waals surface area contributed by atoms with E-state index in [2.05, 4.69) is 15.0 Å². The highest BCUT2D eigenvalue weighted by molar-refractivity contribution is 5.69. The summed E-state index contributed by atoms with van der Waals surface area (Å²) in [6.07, 6.45) is -4.98. The number of hydrogen-bond donors (Lipinski definition) is 1. The summed E-state index contributed by atoms with van der Waals surface area (Å²) in [6, 6.07) is 2.10. The van der Waals surface area contributed by atoms with Crippen molar-refractivity contribution in [3.63, 3.8) is 0 Å². The van der Waals surface area contributed by atoms with Gasteiger partial charge in [-0.1, -0.05) is 0 Å². The average molecular weight is 232 g/mol. The summed E-state index contributed by atoms with van der Waals surface area (Å²) < 4.78 is 42.5. The fourth-order valence-electron chi connectivity index (χ4n) is 1.45. The van der Waals surface area contributed by atoms with Crippen LogP contribution in [0.5, 0.6) is 0 Å². The number of halogens is 3. The second-order valence-corrected chi connectivity index (χ2v) is 3.21. The first kappa shape index (κ1) is 10.7. The van der Waals surface area contributed by atoms with Crippen LogP contribution in [0.25, 0.3) is 0 Å². The molecule has 1 aromatic heterocycles. The number of alkyl carbamates (subject to hydrolysis) is 1. The van der Waals surface area contributed by atoms with Gasteiger partial charge in [0.25, 0.3) is 0 Å². The molecule has 1 aliphatic rings. The molecule has 1 fully saturated rings. The van der Waals surface area contributed by atoms with Crippen molar-refractivity contribution in [2.24, 2.45) is 0 Å². The maximum absolute atomic E-state index is 12.6. The zero-order valence-corrected chi connectivity index (χ0v) is 7.91. The standard InChI is InChI=1S/C9H7F3N2O2/c10-9(11,12)5-2-1-3-13-7(5)6-4-14-8(15)16-6/h1-3,6H,4H2,(H,14,15). The number of carbonyl (C=O) groups is 1. The number of rotatable bonds is 1. The van der Waals surface area contributed by atoms with Gasteiger partial charge in [0, 0.05) is 6.20 Å². The molecule has 7 heteroatoms. The predicted molar refractivity (Wildman–Crippen MR) is 46.5 cm³/mol. The Labute approximate surface area is 88.4 Å². The van der Waals surface area contributed by atoms with E-state index in [1.165, 1.54) is 12.3 Å². The summed E-state index contributed by atoms with van der Waals surface area (Å²) in [5, 5.41) is 2.28. The molecular weight excluding hydrogens is 225 g/mol. The molecule has 1 atom stereocenters. The van der Waals surface area contributed by atoms with Gasteiger partial charge in [0.1, 0.15) is 0 Å². The molecule has 1 aliphatic heterocycles. The fraction of sp³-hybridized carbons (Fsp3) is 0.333. The number of amides is 1. The van der Waals surface area contributed by atoms with E-state index in [1.54, 1.807) is 0 Å². The van der Waals surface area contributed by atoms with Crippen LogP contribution in [-0.2, 0) is 10.9 Å². The number of ether oxygens (including phenoxy) is 1. The smallest absolute Gasteiger partial charge is 0.418 e. The van der Waals surface area contributed by atoms with Crippen LogP contribution >= 0.6 is 0 Å². The van der Waals surface area contributed by atoms with Gasteiger partial charge in [0.05, 0.1) is 17.8 Å². The summed E-state index contributed by atoms with van der Waals surface area (Å²) >= 11 is 0. The van der Waals surface area contributed by atoms with Crippen LogP contribution in [0.1, 0.15) is 17.4 Å². The maximum atomic E-state index is 12.6. The van der Waals surface area contributed by atoms with Gasteiger partial charge in [0.2, 0.25) is 0 Å². The zero-order valence-electron chi connectivity index (χ0n) is 7.91. The molecule has 86 valence electrons. The molecule has 2 heterocycles. The molecule has 0 radical (unpaired) electrons. The van der Waals surface area contributed by atoms with Crippen molar-refractivity contribution in [3.8, 4) is 0 Å².